The number of hydrogen-bond donors (Lipinski definition) is 2. The first-order valence-electron chi connectivity index (χ1n) is 29.7. The number of nitrogens with one attached hydrogen (secondary N) is 1. The summed E-state index contributed by atoms with van der Waals surface area (Å²) in [7, 11) is 1.23. The number of likely N-dealkylation sites (N-methyl/N-ethyl adjacent to an activating group) is 1. The van der Waals surface area contributed by atoms with Gasteiger partial charge in [0.05, 0.1) is 39.9 Å². The van der Waals surface area contributed by atoms with E-state index < -0.39 is 26.6 Å². The highest BCUT2D eigenvalue weighted by Gasteiger charge is 2.23. The van der Waals surface area contributed by atoms with Gasteiger partial charge in [-0.25, -0.2) is 0 Å². The number of phosphoric acid groups is 1. The highest BCUT2D eigenvalue weighted by Crippen LogP contribution is 2.38. The van der Waals surface area contributed by atoms with Gasteiger partial charge in [-0.1, -0.05) is 252 Å². The van der Waals surface area contributed by atoms with Gasteiger partial charge < -0.3 is 28.8 Å². The van der Waals surface area contributed by atoms with Crippen molar-refractivity contribution in [1.29, 1.82) is 0 Å². The van der Waals surface area contributed by atoms with Crippen molar-refractivity contribution in [2.45, 2.75) is 251 Å². The number of hydrogen-bond acceptors (Lipinski definition) is 6. The molecule has 9 heteroatoms. The molecule has 2 N–H and O–H groups in total. The lowest BCUT2D eigenvalue weighted by Gasteiger charge is -2.29. The van der Waals surface area contributed by atoms with Crippen molar-refractivity contribution in [1.82, 2.24) is 5.32 Å². The number of unbranched alkanes of at least 4 members (excludes halogenated alkanes) is 24. The number of phosphoric ester groups is 1. The Morgan fingerprint density at radius 3 is 1.27 bits per heavy atom. The third-order valence-electron chi connectivity index (χ3n) is 12.7. The second-order valence-corrected chi connectivity index (χ2v) is 22.4. The molecule has 0 aliphatic carbocycles. The van der Waals surface area contributed by atoms with E-state index in [0.29, 0.717) is 17.4 Å². The van der Waals surface area contributed by atoms with E-state index >= 15 is 0 Å². The van der Waals surface area contributed by atoms with Crippen molar-refractivity contribution in [3.63, 3.8) is 0 Å². The van der Waals surface area contributed by atoms with E-state index in [1.807, 2.05) is 27.2 Å². The van der Waals surface area contributed by atoms with E-state index in [4.69, 9.17) is 9.05 Å². The topological polar surface area (TPSA) is 108 Å². The second kappa shape index (κ2) is 54.0. The molecule has 0 aromatic carbocycles. The Hall–Kier alpha value is -2.84. The van der Waals surface area contributed by atoms with E-state index in [1.165, 1.54) is 135 Å². The van der Waals surface area contributed by atoms with Gasteiger partial charge in [0.2, 0.25) is 5.91 Å². The molecular formula is C64H113N2O6P. The van der Waals surface area contributed by atoms with Crippen molar-refractivity contribution < 1.29 is 32.9 Å². The first-order valence-corrected chi connectivity index (χ1v) is 31.2. The minimum Gasteiger partial charge on any atom is -0.756 e. The van der Waals surface area contributed by atoms with Gasteiger partial charge in [-0.3, -0.25) is 9.36 Å². The number of carbonyl (C=O) groups is 1. The summed E-state index contributed by atoms with van der Waals surface area (Å²) in [5.41, 5.74) is 0. The predicted octanol–water partition coefficient (Wildman–Crippen LogP) is 17.7. The fourth-order valence-corrected chi connectivity index (χ4v) is 8.81. The molecule has 420 valence electrons. The van der Waals surface area contributed by atoms with E-state index in [9.17, 15) is 19.4 Å². The number of quaternary nitrogens is 1. The van der Waals surface area contributed by atoms with Crippen LogP contribution >= 0.6 is 7.82 Å². The summed E-state index contributed by atoms with van der Waals surface area (Å²) in [5.74, 6) is -0.212. The Bertz CT molecular complexity index is 1550. The summed E-state index contributed by atoms with van der Waals surface area (Å²) in [5, 5.41) is 13.9. The first kappa shape index (κ1) is 70.2. The van der Waals surface area contributed by atoms with Crippen molar-refractivity contribution in [3.8, 4) is 0 Å². The lowest BCUT2D eigenvalue weighted by Crippen LogP contribution is -2.45. The Morgan fingerprint density at radius 1 is 0.493 bits per heavy atom. The highest BCUT2D eigenvalue weighted by atomic mass is 31.2. The maximum Gasteiger partial charge on any atom is 0.268 e. The SMILES string of the molecule is CC/C=C\C/C=C\C/C=C\C/C=C\C/C=C\C/C=C\C/C=C\CCCCCCCCCCCCCCCC(=O)NC(COP(=O)([O-])OCC[N+](C)(C)C)C(O)/C=C/CC/C=C/CCCCCCCCCCCC. The average molecular weight is 1040 g/mol. The lowest BCUT2D eigenvalue weighted by atomic mass is 10.0. The quantitative estimate of drug-likeness (QED) is 0.0272. The molecule has 0 bridgehead atoms. The number of aliphatic hydroxyl groups is 1. The number of allylic oxidation sites excluding steroid dienone is 17. The molecule has 1 amide bonds. The average Bonchev–Trinajstić information content (AvgIpc) is 3.35. The Kier molecular flexibility index (Phi) is 51.9. The van der Waals surface area contributed by atoms with E-state index in [0.717, 1.165) is 83.5 Å². The summed E-state index contributed by atoms with van der Waals surface area (Å²) >= 11 is 0. The van der Waals surface area contributed by atoms with Crippen LogP contribution < -0.4 is 10.2 Å². The second-order valence-electron chi connectivity index (χ2n) is 21.0. The molecule has 0 saturated carbocycles. The highest BCUT2D eigenvalue weighted by molar-refractivity contribution is 7.45. The number of nitrogens with zero attached hydrogens (tertiary/aromatic N) is 1. The maximum absolute atomic E-state index is 13.0. The predicted molar refractivity (Wildman–Crippen MR) is 316 cm³/mol. The van der Waals surface area contributed by atoms with Crippen LogP contribution in [0.3, 0.4) is 0 Å². The van der Waals surface area contributed by atoms with Gasteiger partial charge in [-0.2, -0.15) is 0 Å². The van der Waals surface area contributed by atoms with Gasteiger partial charge in [0.15, 0.2) is 0 Å². The van der Waals surface area contributed by atoms with Crippen LogP contribution in [0.2, 0.25) is 0 Å². The van der Waals surface area contributed by atoms with Gasteiger partial charge in [-0.05, 0) is 89.9 Å². The summed E-state index contributed by atoms with van der Waals surface area (Å²) in [6, 6.07) is -0.910. The zero-order valence-corrected chi connectivity index (χ0v) is 48.7. The van der Waals surface area contributed by atoms with Crippen molar-refractivity contribution in [2.75, 3.05) is 40.9 Å². The van der Waals surface area contributed by atoms with Crippen LogP contribution in [-0.4, -0.2) is 68.5 Å². The third kappa shape index (κ3) is 56.7. The molecule has 0 aromatic heterocycles. The van der Waals surface area contributed by atoms with E-state index in [2.05, 4.69) is 116 Å². The molecule has 0 saturated heterocycles. The molecule has 0 aliphatic heterocycles. The van der Waals surface area contributed by atoms with Crippen LogP contribution in [0.15, 0.2) is 109 Å². The number of amides is 1. The molecule has 3 atom stereocenters. The monoisotopic (exact) mass is 1040 g/mol. The molecule has 0 spiro atoms. The Balaban J connectivity index is 4.14. The smallest absolute Gasteiger partial charge is 0.268 e. The van der Waals surface area contributed by atoms with Crippen LogP contribution in [0.4, 0.5) is 0 Å². The first-order chi connectivity index (χ1) is 35.5. The van der Waals surface area contributed by atoms with Crippen molar-refractivity contribution in [3.05, 3.63) is 109 Å². The zero-order valence-electron chi connectivity index (χ0n) is 47.8. The minimum absolute atomic E-state index is 0.0107. The van der Waals surface area contributed by atoms with Crippen LogP contribution in [0.1, 0.15) is 239 Å². The maximum atomic E-state index is 13.0. The molecule has 0 radical (unpaired) electrons. The molecule has 73 heavy (non-hydrogen) atoms. The van der Waals surface area contributed by atoms with Crippen LogP contribution in [0.5, 0.6) is 0 Å². The fourth-order valence-electron chi connectivity index (χ4n) is 8.09. The molecule has 0 rings (SSSR count). The van der Waals surface area contributed by atoms with Crippen molar-refractivity contribution in [2.24, 2.45) is 0 Å². The molecule has 0 aromatic rings. The number of aliphatic hydroxyl groups excluding tert-OH is 1. The summed E-state index contributed by atoms with van der Waals surface area (Å²) in [4.78, 5) is 25.5. The van der Waals surface area contributed by atoms with E-state index in [-0.39, 0.29) is 12.5 Å². The molecule has 3 unspecified atom stereocenters. The molecule has 0 aliphatic rings. The standard InChI is InChI=1S/C64H113N2O6P/c1-6-8-10-12-14-16-18-20-22-24-25-26-27-28-29-30-31-32-33-34-35-36-37-38-39-40-41-42-44-46-48-50-52-54-56-58-64(68)65-62(61-72-73(69,70)71-60-59-66(3,4)5)63(67)57-55-53-51-49-47-45-43-23-21-19-17-15-13-11-9-7-2/h8,10,14,16,20,22,25-26,28-29,31-32,34-35,47,49,55,57,62-63,67H,6-7,9,11-13,15,17-19,21,23-24,27,30,33,36-46,48,50-54,56,58-61H2,1-5H3,(H-,65,68,69,70)/b10-8-,16-14-,22-20-,26-25-,29-28-,32-31-,35-34-,49-47+,57-55+. The van der Waals surface area contributed by atoms with E-state index in [1.54, 1.807) is 6.08 Å². The minimum atomic E-state index is -4.61. The normalized spacial score (nSPS) is 14.7. The molecular weight excluding hydrogens is 924 g/mol. The lowest BCUT2D eigenvalue weighted by molar-refractivity contribution is -0.870. The van der Waals surface area contributed by atoms with Crippen molar-refractivity contribution >= 4 is 13.7 Å². The Labute approximate surface area is 451 Å². The van der Waals surface area contributed by atoms with Crippen LogP contribution in [0, 0.1) is 0 Å². The molecule has 0 fully saturated rings. The van der Waals surface area contributed by atoms with Gasteiger partial charge in [0.25, 0.3) is 7.82 Å². The number of rotatable bonds is 53. The zero-order chi connectivity index (χ0) is 53.5. The number of carbonyl (C=O) groups excluding carboxylic acids is 1. The fraction of sp³-hybridized carbons (Fsp3) is 0.703. The van der Waals surface area contributed by atoms with Gasteiger partial charge in [0.1, 0.15) is 13.2 Å². The summed E-state index contributed by atoms with van der Waals surface area (Å²) in [6.45, 7) is 4.51. The largest absolute Gasteiger partial charge is 0.756 e. The summed E-state index contributed by atoms with van der Waals surface area (Å²) < 4.78 is 23.3. The molecule has 0 heterocycles. The van der Waals surface area contributed by atoms with Gasteiger partial charge in [-0.15, -0.1) is 0 Å². The molecule has 8 nitrogen and oxygen atoms in total. The van der Waals surface area contributed by atoms with Crippen LogP contribution in [0.25, 0.3) is 0 Å². The third-order valence-corrected chi connectivity index (χ3v) is 13.7. The Morgan fingerprint density at radius 2 is 0.849 bits per heavy atom. The van der Waals surface area contributed by atoms with Gasteiger partial charge >= 0.3 is 0 Å². The van der Waals surface area contributed by atoms with Gasteiger partial charge in [0, 0.05) is 6.42 Å². The van der Waals surface area contributed by atoms with Crippen LogP contribution in [-0.2, 0) is 18.4 Å². The summed E-state index contributed by atoms with van der Waals surface area (Å²) in [6.07, 6.45) is 78.9.